The second-order valence-electron chi connectivity index (χ2n) is 7.21. The lowest BCUT2D eigenvalue weighted by Gasteiger charge is -2.43. The number of carboxylic acid groups (broad SMARTS) is 1. The highest BCUT2D eigenvalue weighted by Crippen LogP contribution is 2.42. The molecule has 5 N–H and O–H groups in total. The van der Waals surface area contributed by atoms with E-state index in [1.807, 2.05) is 13.8 Å². The van der Waals surface area contributed by atoms with Gasteiger partial charge in [-0.2, -0.15) is 0 Å². The number of aliphatic hydroxyl groups excluding tert-OH is 4. The molecular formula is C16H26O8. The standard InChI is InChI=1S/C16H26O8/c1-7-4-8(5-16(2,3)10(7)14(21)22)23-15-13(20)12(19)11(18)9(6-17)24-15/h8-9,11-13,15,17-20H,4-6H2,1-3H3,(H,21,22)/t8-,9+,11+,12-,13+,15+/m0/s1. The second kappa shape index (κ2) is 7.07. The highest BCUT2D eigenvalue weighted by molar-refractivity contribution is 5.89. The fourth-order valence-electron chi connectivity index (χ4n) is 3.70. The third-order valence-corrected chi connectivity index (χ3v) is 4.76. The summed E-state index contributed by atoms with van der Waals surface area (Å²) in [5, 5.41) is 48.2. The van der Waals surface area contributed by atoms with Crippen LogP contribution < -0.4 is 0 Å². The van der Waals surface area contributed by atoms with Gasteiger partial charge in [0.2, 0.25) is 0 Å². The molecule has 24 heavy (non-hydrogen) atoms. The van der Waals surface area contributed by atoms with Crippen molar-refractivity contribution >= 4 is 5.97 Å². The summed E-state index contributed by atoms with van der Waals surface area (Å²) in [5.74, 6) is -0.955. The second-order valence-corrected chi connectivity index (χ2v) is 7.21. The van der Waals surface area contributed by atoms with Gasteiger partial charge in [0, 0.05) is 5.57 Å². The number of carbonyl (C=O) groups is 1. The van der Waals surface area contributed by atoms with E-state index in [4.69, 9.17) is 9.47 Å². The lowest BCUT2D eigenvalue weighted by molar-refractivity contribution is -0.313. The van der Waals surface area contributed by atoms with Gasteiger partial charge < -0.3 is 35.0 Å². The minimum absolute atomic E-state index is 0.358. The van der Waals surface area contributed by atoms with E-state index in [0.717, 1.165) is 0 Å². The number of rotatable bonds is 4. The summed E-state index contributed by atoms with van der Waals surface area (Å²) in [6.07, 6.45) is -6.28. The van der Waals surface area contributed by atoms with Crippen LogP contribution in [0.3, 0.4) is 0 Å². The molecular weight excluding hydrogens is 320 g/mol. The summed E-state index contributed by atoms with van der Waals surface area (Å²) >= 11 is 0. The monoisotopic (exact) mass is 346 g/mol. The molecule has 0 aromatic carbocycles. The number of aliphatic carboxylic acids is 1. The Labute approximate surface area is 140 Å². The van der Waals surface area contributed by atoms with Crippen LogP contribution in [0.5, 0.6) is 0 Å². The van der Waals surface area contributed by atoms with Crippen LogP contribution in [-0.4, -0.2) is 74.9 Å². The van der Waals surface area contributed by atoms with Crippen molar-refractivity contribution in [3.05, 3.63) is 11.1 Å². The van der Waals surface area contributed by atoms with E-state index < -0.39 is 54.8 Å². The lowest BCUT2D eigenvalue weighted by Crippen LogP contribution is -2.59. The Bertz CT molecular complexity index is 512. The largest absolute Gasteiger partial charge is 0.478 e. The maximum atomic E-state index is 11.4. The van der Waals surface area contributed by atoms with E-state index in [1.54, 1.807) is 6.92 Å². The molecule has 0 amide bonds. The number of carboxylic acids is 1. The first kappa shape index (κ1) is 19.3. The van der Waals surface area contributed by atoms with Crippen molar-refractivity contribution in [2.45, 2.75) is 70.4 Å². The Morgan fingerprint density at radius 3 is 2.38 bits per heavy atom. The molecule has 2 aliphatic rings. The van der Waals surface area contributed by atoms with Crippen molar-refractivity contribution in [2.24, 2.45) is 5.41 Å². The topological polar surface area (TPSA) is 137 Å². The Morgan fingerprint density at radius 1 is 1.25 bits per heavy atom. The summed E-state index contributed by atoms with van der Waals surface area (Å²) in [7, 11) is 0. The average Bonchev–Trinajstić information content (AvgIpc) is 2.45. The number of aliphatic hydroxyl groups is 4. The number of hydrogen-bond donors (Lipinski definition) is 5. The molecule has 6 atom stereocenters. The zero-order valence-corrected chi connectivity index (χ0v) is 14.0. The first-order valence-electron chi connectivity index (χ1n) is 7.98. The summed E-state index contributed by atoms with van der Waals surface area (Å²) in [6.45, 7) is 4.82. The molecule has 0 spiro atoms. The summed E-state index contributed by atoms with van der Waals surface area (Å²) in [6, 6.07) is 0. The van der Waals surface area contributed by atoms with Gasteiger partial charge in [-0.1, -0.05) is 19.4 Å². The molecule has 0 radical (unpaired) electrons. The van der Waals surface area contributed by atoms with Crippen molar-refractivity contribution in [3.63, 3.8) is 0 Å². The van der Waals surface area contributed by atoms with Crippen molar-refractivity contribution in [1.29, 1.82) is 0 Å². The van der Waals surface area contributed by atoms with E-state index in [0.29, 0.717) is 24.0 Å². The molecule has 1 fully saturated rings. The lowest BCUT2D eigenvalue weighted by atomic mass is 9.71. The van der Waals surface area contributed by atoms with Crippen LogP contribution in [0.2, 0.25) is 0 Å². The third kappa shape index (κ3) is 3.63. The van der Waals surface area contributed by atoms with Crippen molar-refractivity contribution in [2.75, 3.05) is 6.61 Å². The fourth-order valence-corrected chi connectivity index (χ4v) is 3.70. The minimum Gasteiger partial charge on any atom is -0.478 e. The predicted octanol–water partition coefficient (Wildman–Crippen LogP) is -0.607. The molecule has 2 rings (SSSR count). The van der Waals surface area contributed by atoms with Gasteiger partial charge in [0.15, 0.2) is 6.29 Å². The molecule has 1 aliphatic carbocycles. The summed E-state index contributed by atoms with van der Waals surface area (Å²) in [5.41, 5.74) is 0.428. The first-order valence-corrected chi connectivity index (χ1v) is 7.98. The Hall–Kier alpha value is -1.03. The highest BCUT2D eigenvalue weighted by Gasteiger charge is 2.46. The van der Waals surface area contributed by atoms with E-state index in [9.17, 15) is 30.3 Å². The van der Waals surface area contributed by atoms with Gasteiger partial charge in [0.1, 0.15) is 24.4 Å². The molecule has 138 valence electrons. The maximum Gasteiger partial charge on any atom is 0.332 e. The molecule has 1 heterocycles. The van der Waals surface area contributed by atoms with Gasteiger partial charge in [0.05, 0.1) is 12.7 Å². The van der Waals surface area contributed by atoms with Crippen LogP contribution in [0, 0.1) is 5.41 Å². The molecule has 1 saturated heterocycles. The predicted molar refractivity (Wildman–Crippen MR) is 82.0 cm³/mol. The molecule has 0 aromatic heterocycles. The molecule has 0 aromatic rings. The van der Waals surface area contributed by atoms with Gasteiger partial charge >= 0.3 is 5.97 Å². The number of ether oxygens (including phenoxy) is 2. The number of hydrogen-bond acceptors (Lipinski definition) is 7. The van der Waals surface area contributed by atoms with Crippen molar-refractivity contribution in [1.82, 2.24) is 0 Å². The van der Waals surface area contributed by atoms with Gasteiger partial charge in [-0.15, -0.1) is 0 Å². The van der Waals surface area contributed by atoms with Crippen LogP contribution >= 0.6 is 0 Å². The van der Waals surface area contributed by atoms with E-state index in [2.05, 4.69) is 0 Å². The maximum absolute atomic E-state index is 11.4. The average molecular weight is 346 g/mol. The van der Waals surface area contributed by atoms with Gasteiger partial charge in [0.25, 0.3) is 0 Å². The smallest absolute Gasteiger partial charge is 0.332 e. The van der Waals surface area contributed by atoms with Crippen molar-refractivity contribution in [3.8, 4) is 0 Å². The summed E-state index contributed by atoms with van der Waals surface area (Å²) < 4.78 is 11.1. The fraction of sp³-hybridized carbons (Fsp3) is 0.812. The van der Waals surface area contributed by atoms with Gasteiger partial charge in [-0.25, -0.2) is 4.79 Å². The normalized spacial score (nSPS) is 39.8. The zero-order valence-electron chi connectivity index (χ0n) is 14.0. The Balaban J connectivity index is 2.13. The third-order valence-electron chi connectivity index (χ3n) is 4.76. The van der Waals surface area contributed by atoms with E-state index in [-0.39, 0.29) is 0 Å². The van der Waals surface area contributed by atoms with Crippen LogP contribution in [0.4, 0.5) is 0 Å². The van der Waals surface area contributed by atoms with Crippen LogP contribution in [0.1, 0.15) is 33.6 Å². The summed E-state index contributed by atoms with van der Waals surface area (Å²) in [4.78, 5) is 11.4. The van der Waals surface area contributed by atoms with Gasteiger partial charge in [-0.05, 0) is 25.2 Å². The van der Waals surface area contributed by atoms with E-state index in [1.165, 1.54) is 0 Å². The SMILES string of the molecule is CC1=C(C(=O)O)C(C)(C)C[C@@H](O[C@@H]2O[C@H](CO)[C@@H](O)[C@H](O)[C@H]2O)C1. The minimum atomic E-state index is -1.50. The highest BCUT2D eigenvalue weighted by atomic mass is 16.7. The molecule has 1 aliphatic heterocycles. The van der Waals surface area contributed by atoms with Crippen LogP contribution in [0.15, 0.2) is 11.1 Å². The quantitative estimate of drug-likeness (QED) is 0.455. The Morgan fingerprint density at radius 2 is 1.88 bits per heavy atom. The van der Waals surface area contributed by atoms with Crippen LogP contribution in [-0.2, 0) is 14.3 Å². The first-order chi connectivity index (χ1) is 11.1. The molecule has 0 saturated carbocycles. The molecule has 8 heteroatoms. The van der Waals surface area contributed by atoms with Crippen molar-refractivity contribution < 1.29 is 39.8 Å². The molecule has 0 bridgehead atoms. The van der Waals surface area contributed by atoms with Gasteiger partial charge in [-0.3, -0.25) is 0 Å². The van der Waals surface area contributed by atoms with E-state index >= 15 is 0 Å². The van der Waals surface area contributed by atoms with Crippen LogP contribution in [0.25, 0.3) is 0 Å². The molecule has 0 unspecified atom stereocenters. The molecule has 8 nitrogen and oxygen atoms in total. The zero-order chi connectivity index (χ0) is 18.2. The Kier molecular flexibility index (Phi) is 5.68.